The highest BCUT2D eigenvalue weighted by Gasteiger charge is 2.30. The van der Waals surface area contributed by atoms with E-state index in [9.17, 15) is 9.59 Å². The van der Waals surface area contributed by atoms with E-state index >= 15 is 0 Å². The summed E-state index contributed by atoms with van der Waals surface area (Å²) >= 11 is 0. The van der Waals surface area contributed by atoms with Crippen molar-refractivity contribution in [3.63, 3.8) is 0 Å². The average Bonchev–Trinajstić information content (AvgIpc) is 2.69. The number of fused-ring (bicyclic) bond motifs is 1. The van der Waals surface area contributed by atoms with Gasteiger partial charge in [0.15, 0.2) is 0 Å². The smallest absolute Gasteiger partial charge is 0.410 e. The zero-order chi connectivity index (χ0) is 14.4. The summed E-state index contributed by atoms with van der Waals surface area (Å²) in [7, 11) is 0. The van der Waals surface area contributed by atoms with Crippen molar-refractivity contribution >= 4 is 6.09 Å². The summed E-state index contributed by atoms with van der Waals surface area (Å²) in [4.78, 5) is 28.3. The molecule has 0 aromatic carbocycles. The fraction of sp³-hybridized carbons (Fsp3) is 0.571. The minimum Gasteiger partial charge on any atom is -0.444 e. The standard InChI is InChI=1S/C14H20N2O3/c1-8-9(2)15-12(17)11-7-16(6-10(8)11)13(18)19-14(3,4)5/h6-7H2,1-5H3,(H,15,17). The highest BCUT2D eigenvalue weighted by Crippen LogP contribution is 2.25. The maximum atomic E-state index is 12.0. The van der Waals surface area contributed by atoms with E-state index in [1.54, 1.807) is 4.90 Å². The second kappa shape index (κ2) is 4.40. The molecule has 5 heteroatoms. The van der Waals surface area contributed by atoms with E-state index in [1.807, 2.05) is 34.6 Å². The number of carbonyl (C=O) groups is 1. The van der Waals surface area contributed by atoms with Gasteiger partial charge in [0, 0.05) is 11.3 Å². The van der Waals surface area contributed by atoms with E-state index in [0.717, 1.165) is 16.8 Å². The van der Waals surface area contributed by atoms with Crippen molar-refractivity contribution in [2.24, 2.45) is 0 Å². The van der Waals surface area contributed by atoms with Crippen LogP contribution >= 0.6 is 0 Å². The number of ether oxygens (including phenoxy) is 1. The third kappa shape index (κ3) is 2.64. The maximum Gasteiger partial charge on any atom is 0.410 e. The molecule has 1 aromatic heterocycles. The summed E-state index contributed by atoms with van der Waals surface area (Å²) < 4.78 is 5.34. The van der Waals surface area contributed by atoms with Gasteiger partial charge in [-0.3, -0.25) is 9.69 Å². The minimum absolute atomic E-state index is 0.107. The monoisotopic (exact) mass is 264 g/mol. The van der Waals surface area contributed by atoms with Gasteiger partial charge < -0.3 is 9.72 Å². The molecule has 2 rings (SSSR count). The number of nitrogens with zero attached hydrogens (tertiary/aromatic N) is 1. The molecule has 19 heavy (non-hydrogen) atoms. The largest absolute Gasteiger partial charge is 0.444 e. The second-order valence-corrected chi connectivity index (χ2v) is 6.00. The Morgan fingerprint density at radius 3 is 2.37 bits per heavy atom. The van der Waals surface area contributed by atoms with Gasteiger partial charge in [0.2, 0.25) is 0 Å². The second-order valence-electron chi connectivity index (χ2n) is 6.00. The fourth-order valence-corrected chi connectivity index (χ4v) is 2.20. The number of H-pyrrole nitrogens is 1. The lowest BCUT2D eigenvalue weighted by Crippen LogP contribution is -2.33. The van der Waals surface area contributed by atoms with Gasteiger partial charge in [-0.25, -0.2) is 4.79 Å². The molecule has 0 atom stereocenters. The molecular formula is C14H20N2O3. The lowest BCUT2D eigenvalue weighted by atomic mass is 10.1. The van der Waals surface area contributed by atoms with Crippen molar-refractivity contribution in [1.82, 2.24) is 9.88 Å². The topological polar surface area (TPSA) is 62.4 Å². The van der Waals surface area contributed by atoms with Crippen LogP contribution < -0.4 is 5.56 Å². The highest BCUT2D eigenvalue weighted by molar-refractivity contribution is 5.69. The Balaban J connectivity index is 2.26. The molecular weight excluding hydrogens is 244 g/mol. The Bertz CT molecular complexity index is 582. The molecule has 1 aliphatic rings. The molecule has 0 unspecified atom stereocenters. The van der Waals surface area contributed by atoms with Gasteiger partial charge in [-0.2, -0.15) is 0 Å². The quantitative estimate of drug-likeness (QED) is 0.781. The van der Waals surface area contributed by atoms with E-state index in [1.165, 1.54) is 0 Å². The fourth-order valence-electron chi connectivity index (χ4n) is 2.20. The molecule has 0 saturated heterocycles. The van der Waals surface area contributed by atoms with E-state index in [-0.39, 0.29) is 11.7 Å². The number of aromatic amines is 1. The third-order valence-corrected chi connectivity index (χ3v) is 3.30. The molecule has 1 aromatic rings. The number of hydrogen-bond donors (Lipinski definition) is 1. The van der Waals surface area contributed by atoms with Crippen molar-refractivity contribution in [3.05, 3.63) is 32.7 Å². The first-order valence-electron chi connectivity index (χ1n) is 6.38. The minimum atomic E-state index is -0.525. The van der Waals surface area contributed by atoms with Crippen LogP contribution in [0.3, 0.4) is 0 Å². The number of nitrogens with one attached hydrogen (secondary N) is 1. The maximum absolute atomic E-state index is 12.0. The lowest BCUT2D eigenvalue weighted by molar-refractivity contribution is 0.0241. The molecule has 0 bridgehead atoms. The Morgan fingerprint density at radius 1 is 1.21 bits per heavy atom. The summed E-state index contributed by atoms with van der Waals surface area (Å²) in [6.07, 6.45) is -0.375. The summed E-state index contributed by atoms with van der Waals surface area (Å²) in [5.74, 6) is 0. The number of rotatable bonds is 0. The number of hydrogen-bond acceptors (Lipinski definition) is 3. The van der Waals surface area contributed by atoms with Crippen molar-refractivity contribution in [2.45, 2.75) is 53.3 Å². The third-order valence-electron chi connectivity index (χ3n) is 3.30. The Labute approximate surface area is 112 Å². The van der Waals surface area contributed by atoms with Gasteiger partial charge in [0.05, 0.1) is 13.1 Å². The first-order chi connectivity index (χ1) is 8.69. The Morgan fingerprint density at radius 2 is 1.79 bits per heavy atom. The van der Waals surface area contributed by atoms with Crippen LogP contribution in [-0.2, 0) is 17.8 Å². The first kappa shape index (κ1) is 13.6. The molecule has 5 nitrogen and oxygen atoms in total. The van der Waals surface area contributed by atoms with Gasteiger partial charge in [0.25, 0.3) is 5.56 Å². The van der Waals surface area contributed by atoms with E-state index in [2.05, 4.69) is 4.98 Å². The predicted molar refractivity (Wildman–Crippen MR) is 72.0 cm³/mol. The normalized spacial score (nSPS) is 14.5. The van der Waals surface area contributed by atoms with E-state index in [0.29, 0.717) is 18.7 Å². The lowest BCUT2D eigenvalue weighted by Gasteiger charge is -2.24. The van der Waals surface area contributed by atoms with Gasteiger partial charge in [-0.05, 0) is 45.7 Å². The number of aromatic nitrogens is 1. The zero-order valence-electron chi connectivity index (χ0n) is 12.1. The molecule has 0 fully saturated rings. The van der Waals surface area contributed by atoms with Crippen molar-refractivity contribution in [3.8, 4) is 0 Å². The molecule has 1 amide bonds. The van der Waals surface area contributed by atoms with Crippen molar-refractivity contribution in [1.29, 1.82) is 0 Å². The van der Waals surface area contributed by atoms with Gasteiger partial charge >= 0.3 is 6.09 Å². The molecule has 0 aliphatic carbocycles. The van der Waals surface area contributed by atoms with Crippen molar-refractivity contribution in [2.75, 3.05) is 0 Å². The number of carbonyl (C=O) groups excluding carboxylic acids is 1. The van der Waals surface area contributed by atoms with Crippen LogP contribution in [-0.4, -0.2) is 21.6 Å². The molecule has 0 spiro atoms. The molecule has 1 N–H and O–H groups in total. The van der Waals surface area contributed by atoms with Crippen LogP contribution in [0.15, 0.2) is 4.79 Å². The zero-order valence-corrected chi connectivity index (χ0v) is 12.1. The number of aryl methyl sites for hydroxylation is 1. The summed E-state index contributed by atoms with van der Waals surface area (Å²) in [5, 5.41) is 0. The molecule has 2 heterocycles. The van der Waals surface area contributed by atoms with E-state index in [4.69, 9.17) is 4.74 Å². The van der Waals surface area contributed by atoms with Crippen LogP contribution in [0.25, 0.3) is 0 Å². The molecule has 104 valence electrons. The summed E-state index contributed by atoms with van der Waals surface area (Å²) in [5.41, 5.74) is 2.89. The molecule has 0 radical (unpaired) electrons. The van der Waals surface area contributed by atoms with Crippen LogP contribution in [0.2, 0.25) is 0 Å². The van der Waals surface area contributed by atoms with Gasteiger partial charge in [-0.15, -0.1) is 0 Å². The number of amides is 1. The van der Waals surface area contributed by atoms with Crippen LogP contribution in [0.5, 0.6) is 0 Å². The summed E-state index contributed by atoms with van der Waals surface area (Å²) in [6, 6.07) is 0. The summed E-state index contributed by atoms with van der Waals surface area (Å²) in [6.45, 7) is 10.1. The van der Waals surface area contributed by atoms with Crippen LogP contribution in [0.1, 0.15) is 43.2 Å². The highest BCUT2D eigenvalue weighted by atomic mass is 16.6. The average molecular weight is 264 g/mol. The molecule has 0 saturated carbocycles. The molecule has 1 aliphatic heterocycles. The SMILES string of the molecule is Cc1[nH]c(=O)c2c(c1C)CN(C(=O)OC(C)(C)C)C2. The van der Waals surface area contributed by atoms with Crippen LogP contribution in [0.4, 0.5) is 4.79 Å². The first-order valence-corrected chi connectivity index (χ1v) is 6.38. The van der Waals surface area contributed by atoms with Gasteiger partial charge in [0.1, 0.15) is 5.60 Å². The van der Waals surface area contributed by atoms with E-state index < -0.39 is 5.60 Å². The predicted octanol–water partition coefficient (Wildman–Crippen LogP) is 2.24. The Kier molecular flexibility index (Phi) is 3.16. The van der Waals surface area contributed by atoms with Crippen molar-refractivity contribution < 1.29 is 9.53 Å². The number of pyridine rings is 1. The Hall–Kier alpha value is -1.78. The van der Waals surface area contributed by atoms with Gasteiger partial charge in [-0.1, -0.05) is 0 Å². The van der Waals surface area contributed by atoms with Crippen LogP contribution in [0, 0.1) is 13.8 Å².